The van der Waals surface area contributed by atoms with Gasteiger partial charge in [-0.05, 0) is 19.1 Å². The highest BCUT2D eigenvalue weighted by Gasteiger charge is 2.15. The number of rotatable bonds is 1. The molecule has 0 atom stereocenters. The second kappa shape index (κ2) is 10.2. The number of imidazole rings is 2. The molecule has 0 radical (unpaired) electrons. The summed E-state index contributed by atoms with van der Waals surface area (Å²) in [6.45, 7) is 1.84. The number of benzene rings is 1. The van der Waals surface area contributed by atoms with Crippen molar-refractivity contribution in [3.63, 3.8) is 0 Å². The molecule has 196 valence electrons. The number of hydrogen-bond acceptors (Lipinski definition) is 10. The van der Waals surface area contributed by atoms with Crippen molar-refractivity contribution in [3.05, 3.63) is 42.5 Å². The fourth-order valence-corrected chi connectivity index (χ4v) is 3.92. The molecule has 37 heavy (non-hydrogen) atoms. The maximum atomic E-state index is 11.4. The molecule has 4 aromatic heterocycles. The van der Waals surface area contributed by atoms with Crippen molar-refractivity contribution in [1.29, 1.82) is 0 Å². The van der Waals surface area contributed by atoms with Crippen LogP contribution in [0.5, 0.6) is 11.8 Å². The van der Waals surface area contributed by atoms with Crippen LogP contribution in [0.2, 0.25) is 0 Å². The van der Waals surface area contributed by atoms with E-state index >= 15 is 0 Å². The van der Waals surface area contributed by atoms with Crippen LogP contribution in [-0.4, -0.2) is 42.0 Å². The monoisotopic (exact) mass is 530 g/mol. The first kappa shape index (κ1) is 27.0. The normalized spacial score (nSPS) is 11.1. The highest BCUT2D eigenvalue weighted by Crippen LogP contribution is 2.16. The smallest absolute Gasteiger partial charge is 0.306 e. The Morgan fingerprint density at radius 1 is 0.811 bits per heavy atom. The van der Waals surface area contributed by atoms with Crippen molar-refractivity contribution in [3.8, 4) is 11.8 Å². The van der Waals surface area contributed by atoms with Crippen LogP contribution < -0.4 is 30.8 Å². The lowest BCUT2D eigenvalue weighted by Gasteiger charge is -2.02. The number of hydrogen-bond donors (Lipinski definition) is 3. The lowest BCUT2D eigenvalue weighted by Crippen LogP contribution is -2.26. The van der Waals surface area contributed by atoms with E-state index in [1.807, 2.05) is 6.92 Å². The molecule has 5 N–H and O–H groups in total. The second-order valence-electron chi connectivity index (χ2n) is 8.08. The molecule has 4 heterocycles. The van der Waals surface area contributed by atoms with Gasteiger partial charge in [0, 0.05) is 11.8 Å². The maximum absolute atomic E-state index is 11.4. The Bertz CT molecular complexity index is 1610. The van der Waals surface area contributed by atoms with Crippen LogP contribution in [-0.2, 0) is 38.3 Å². The molecule has 5 aromatic rings. The van der Waals surface area contributed by atoms with Gasteiger partial charge in [0.1, 0.15) is 0 Å². The van der Waals surface area contributed by atoms with Gasteiger partial charge in [0.15, 0.2) is 23.7 Å². The number of nitrogen functional groups attached to an aromatic ring is 2. The fourth-order valence-electron chi connectivity index (χ4n) is 3.44. The molecule has 0 saturated carbocycles. The van der Waals surface area contributed by atoms with Crippen LogP contribution in [0.1, 0.15) is 5.56 Å². The number of nitrogens with two attached hydrogens (primary N) is 2. The summed E-state index contributed by atoms with van der Waals surface area (Å²) in [6, 6.07) is 5.99. The Morgan fingerprint density at radius 3 is 1.54 bits per heavy atom. The van der Waals surface area contributed by atoms with E-state index in [9.17, 15) is 18.6 Å². The van der Waals surface area contributed by atoms with Crippen molar-refractivity contribution in [2.24, 2.45) is 28.2 Å². The molecule has 0 amide bonds. The molecule has 0 aliphatic heterocycles. The van der Waals surface area contributed by atoms with Gasteiger partial charge in [0.2, 0.25) is 0 Å². The van der Waals surface area contributed by atoms with Gasteiger partial charge >= 0.3 is 11.3 Å². The van der Waals surface area contributed by atoms with E-state index in [2.05, 4.69) is 19.9 Å². The van der Waals surface area contributed by atoms with Crippen LogP contribution in [0.15, 0.2) is 41.8 Å². The number of fused-ring (bicyclic) bond motifs is 2. The molecule has 0 saturated heterocycles. The Balaban J connectivity index is 0.000000155. The van der Waals surface area contributed by atoms with Gasteiger partial charge in [-0.15, -0.1) is 0 Å². The third-order valence-electron chi connectivity index (χ3n) is 5.09. The predicted octanol–water partition coefficient (Wildman–Crippen LogP) is -1.86. The van der Waals surface area contributed by atoms with Crippen molar-refractivity contribution in [2.45, 2.75) is 11.8 Å². The zero-order valence-corrected chi connectivity index (χ0v) is 21.5. The highest BCUT2D eigenvalue weighted by molar-refractivity contribution is 7.85. The first-order chi connectivity index (χ1) is 17.2. The van der Waals surface area contributed by atoms with Gasteiger partial charge in [-0.1, -0.05) is 27.7 Å². The summed E-state index contributed by atoms with van der Waals surface area (Å²) >= 11 is 0. The Morgan fingerprint density at radius 2 is 1.19 bits per heavy atom. The average Bonchev–Trinajstić information content (AvgIpc) is 3.22. The van der Waals surface area contributed by atoms with E-state index in [-0.39, 0.29) is 28.6 Å². The number of aromatic nitrogens is 8. The lowest BCUT2D eigenvalue weighted by molar-refractivity contribution is -0.647. The fraction of sp³-hybridized carbons (Fsp3) is 0.238. The largest absolute Gasteiger partial charge is 0.856 e. The molecule has 0 bridgehead atoms. The standard InChI is InChI=1S/2C7H9N5O.C7H8O3S/c2*1-11-3-12(2)5-4(11)6(13)10-7(8)9-5;1-6-2-4-7(5-3-6)11(8,9)10/h2*3H,1-2H3,(H2-,8,9,10,13);2-5H,1H3,(H,8,9,10). The Hall–Kier alpha value is -4.57. The summed E-state index contributed by atoms with van der Waals surface area (Å²) in [4.78, 5) is 15.0. The van der Waals surface area contributed by atoms with Crippen molar-refractivity contribution in [2.75, 3.05) is 11.5 Å². The van der Waals surface area contributed by atoms with E-state index in [0.29, 0.717) is 22.3 Å². The minimum atomic E-state index is -4.02. The Labute approximate surface area is 211 Å². The van der Waals surface area contributed by atoms with Crippen molar-refractivity contribution < 1.29 is 32.3 Å². The molecule has 1 aromatic carbocycles. The number of anilines is 2. The van der Waals surface area contributed by atoms with Gasteiger partial charge in [0.25, 0.3) is 22.0 Å². The minimum absolute atomic E-state index is 0.0132. The van der Waals surface area contributed by atoms with Crippen LogP contribution >= 0.6 is 0 Å². The zero-order chi connectivity index (χ0) is 27.7. The first-order valence-electron chi connectivity index (χ1n) is 10.5. The van der Waals surface area contributed by atoms with Crippen LogP contribution in [0.25, 0.3) is 22.3 Å². The maximum Gasteiger partial charge on any atom is 0.306 e. The minimum Gasteiger partial charge on any atom is -0.856 e. The van der Waals surface area contributed by atoms with Gasteiger partial charge in [-0.25, -0.2) is 19.1 Å². The molecule has 5 rings (SSSR count). The second-order valence-corrected chi connectivity index (χ2v) is 9.50. The van der Waals surface area contributed by atoms with E-state index in [1.165, 1.54) is 12.1 Å². The summed E-state index contributed by atoms with van der Waals surface area (Å²) in [6.07, 6.45) is 3.50. The third kappa shape index (κ3) is 5.99. The third-order valence-corrected chi connectivity index (χ3v) is 5.95. The SMILES string of the molecule is Cc1ccc(S(=O)(=O)O)cc1.Cn1c[n+](C)c2nc(N)nc([O-])c21.Cn1c[n+](C)c2nc(N)nc([O-])c21. The quantitative estimate of drug-likeness (QED) is 0.161. The van der Waals surface area contributed by atoms with E-state index in [1.54, 1.807) is 71.2 Å². The number of nitrogens with zero attached hydrogens (tertiary/aromatic N) is 8. The van der Waals surface area contributed by atoms with Crippen molar-refractivity contribution in [1.82, 2.24) is 29.1 Å². The number of aryl methyl sites for hydroxylation is 5. The van der Waals surface area contributed by atoms with Gasteiger partial charge in [-0.2, -0.15) is 8.42 Å². The lowest BCUT2D eigenvalue weighted by atomic mass is 10.2. The zero-order valence-electron chi connectivity index (χ0n) is 20.7. The predicted molar refractivity (Wildman–Crippen MR) is 128 cm³/mol. The molecular formula is C21H26N10O5S. The molecule has 0 spiro atoms. The molecule has 0 unspecified atom stereocenters. The van der Waals surface area contributed by atoms with Crippen LogP contribution in [0.3, 0.4) is 0 Å². The summed E-state index contributed by atoms with van der Waals surface area (Å²) in [7, 11) is 3.11. The first-order valence-corrected chi connectivity index (χ1v) is 12.0. The Kier molecular flexibility index (Phi) is 7.45. The summed E-state index contributed by atoms with van der Waals surface area (Å²) in [5.41, 5.74) is 13.7. The van der Waals surface area contributed by atoms with Crippen LogP contribution in [0.4, 0.5) is 11.9 Å². The van der Waals surface area contributed by atoms with Crippen LogP contribution in [0, 0.1) is 6.92 Å². The molecular weight excluding hydrogens is 504 g/mol. The van der Waals surface area contributed by atoms with Gasteiger partial charge < -0.3 is 21.7 Å². The highest BCUT2D eigenvalue weighted by atomic mass is 32.2. The van der Waals surface area contributed by atoms with E-state index in [0.717, 1.165) is 5.56 Å². The van der Waals surface area contributed by atoms with Gasteiger partial charge in [-0.3, -0.25) is 13.7 Å². The summed E-state index contributed by atoms with van der Waals surface area (Å²) in [5.74, 6) is -0.658. The molecule has 0 aliphatic carbocycles. The molecule has 15 nitrogen and oxygen atoms in total. The van der Waals surface area contributed by atoms with Crippen molar-refractivity contribution >= 4 is 44.3 Å². The average molecular weight is 531 g/mol. The summed E-state index contributed by atoms with van der Waals surface area (Å²) < 4.78 is 36.4. The van der Waals surface area contributed by atoms with E-state index in [4.69, 9.17) is 16.0 Å². The van der Waals surface area contributed by atoms with E-state index < -0.39 is 10.1 Å². The summed E-state index contributed by atoms with van der Waals surface area (Å²) in [5, 5.41) is 22.7. The molecule has 0 aliphatic rings. The molecule has 0 fully saturated rings. The molecule has 16 heteroatoms. The van der Waals surface area contributed by atoms with Gasteiger partial charge in [0.05, 0.1) is 33.1 Å². The topological polar surface area (TPSA) is 222 Å².